The minimum absolute atomic E-state index is 0.0162. The van der Waals surface area contributed by atoms with Gasteiger partial charge >= 0.3 is 5.97 Å². The smallest absolute Gasteiger partial charge is 0.341 e. The van der Waals surface area contributed by atoms with E-state index in [0.29, 0.717) is 13.2 Å². The van der Waals surface area contributed by atoms with Crippen molar-refractivity contribution < 1.29 is 19.0 Å². The number of esters is 1. The first-order chi connectivity index (χ1) is 25.9. The summed E-state index contributed by atoms with van der Waals surface area (Å²) in [6.45, 7) is 4.94. The van der Waals surface area contributed by atoms with Gasteiger partial charge in [0.25, 0.3) is 0 Å². The van der Waals surface area contributed by atoms with E-state index >= 15 is 0 Å². The van der Waals surface area contributed by atoms with E-state index in [9.17, 15) is 4.79 Å². The first kappa shape index (κ1) is 39.1. The summed E-state index contributed by atoms with van der Waals surface area (Å²) in [5.41, 5.74) is 5.66. The van der Waals surface area contributed by atoms with Crippen LogP contribution in [0.5, 0.6) is 11.5 Å². The Bertz CT molecular complexity index is 2100. The van der Waals surface area contributed by atoms with Crippen LogP contribution in [0.2, 0.25) is 20.1 Å². The van der Waals surface area contributed by atoms with Crippen LogP contribution >= 0.6 is 46.4 Å². The van der Waals surface area contributed by atoms with Gasteiger partial charge in [0.2, 0.25) is 0 Å². The molecule has 6 nitrogen and oxygen atoms in total. The second kappa shape index (κ2) is 16.4. The second-order valence-electron chi connectivity index (χ2n) is 13.1. The van der Waals surface area contributed by atoms with Crippen LogP contribution in [0.3, 0.4) is 0 Å². The average molecular weight is 803 g/mol. The molecule has 5 aromatic rings. The van der Waals surface area contributed by atoms with Crippen molar-refractivity contribution in [1.29, 1.82) is 0 Å². The number of rotatable bonds is 12. The molecule has 1 aliphatic rings. The number of carbonyl (C=O) groups excluding carboxylic acids is 1. The normalized spacial score (nSPS) is 13.7. The van der Waals surface area contributed by atoms with Gasteiger partial charge in [-0.1, -0.05) is 94.9 Å². The highest BCUT2D eigenvalue weighted by molar-refractivity contribution is 6.53. The van der Waals surface area contributed by atoms with Crippen LogP contribution in [0.1, 0.15) is 52.0 Å². The van der Waals surface area contributed by atoms with Gasteiger partial charge in [-0.3, -0.25) is 0 Å². The van der Waals surface area contributed by atoms with Crippen molar-refractivity contribution >= 4 is 74.9 Å². The lowest BCUT2D eigenvalue weighted by Crippen LogP contribution is -2.23. The van der Waals surface area contributed by atoms with Crippen LogP contribution in [0.25, 0.3) is 11.1 Å². The number of fused-ring (bicyclic) bond motifs is 1. The maximum Gasteiger partial charge on any atom is 0.341 e. The molecule has 5 aromatic carbocycles. The highest BCUT2D eigenvalue weighted by Gasteiger charge is 2.48. The van der Waals surface area contributed by atoms with Crippen LogP contribution in [-0.2, 0) is 10.3 Å². The first-order valence-electron chi connectivity index (χ1n) is 17.4. The Labute approximate surface area is 337 Å². The lowest BCUT2D eigenvalue weighted by molar-refractivity contribution is 0.0300. The predicted octanol–water partition coefficient (Wildman–Crippen LogP) is 11.9. The molecule has 0 spiro atoms. The largest absolute Gasteiger partial charge is 0.494 e. The lowest BCUT2D eigenvalue weighted by atomic mass is 9.83. The third kappa shape index (κ3) is 7.80. The first-order valence-corrected chi connectivity index (χ1v) is 19.0. The summed E-state index contributed by atoms with van der Waals surface area (Å²) < 4.78 is 18.1. The van der Waals surface area contributed by atoms with Gasteiger partial charge in [-0.05, 0) is 108 Å². The van der Waals surface area contributed by atoms with E-state index in [1.54, 1.807) is 0 Å². The fourth-order valence-electron chi connectivity index (χ4n) is 6.46. The number of hydrogen-bond donors (Lipinski definition) is 0. The molecule has 0 N–H and O–H groups in total. The summed E-state index contributed by atoms with van der Waals surface area (Å²) in [5.74, 6) is 0.767. The Morgan fingerprint density at radius 1 is 0.574 bits per heavy atom. The highest BCUT2D eigenvalue weighted by atomic mass is 35.5. The molecule has 0 atom stereocenters. The maximum absolute atomic E-state index is 14.1. The minimum Gasteiger partial charge on any atom is -0.494 e. The predicted molar refractivity (Wildman–Crippen MR) is 224 cm³/mol. The number of hydrogen-bond acceptors (Lipinski definition) is 6. The molecule has 278 valence electrons. The van der Waals surface area contributed by atoms with Gasteiger partial charge in [0.05, 0.1) is 38.9 Å². The number of nitrogens with zero attached hydrogens (tertiary/aromatic N) is 2. The Balaban J connectivity index is 1.72. The van der Waals surface area contributed by atoms with Crippen LogP contribution in [0, 0.1) is 0 Å². The van der Waals surface area contributed by atoms with E-state index in [4.69, 9.17) is 60.6 Å². The number of ether oxygens (including phenoxy) is 3. The van der Waals surface area contributed by atoms with Crippen LogP contribution in [0.4, 0.5) is 11.4 Å². The SMILES string of the molecule is CCOc1ccc(/C(=C\C2(/C=C(\c3ccc(OCC)cc3)c3ccc(N(C)C)cc3)OC(=O)c3c(Cl)c(Cl)c(Cl)c(Cl)c32)c2ccc(N(C)C)cc2)cc1. The van der Waals surface area contributed by atoms with Crippen molar-refractivity contribution in [2.45, 2.75) is 19.4 Å². The molecular weight excluding hydrogens is 762 g/mol. The Morgan fingerprint density at radius 2 is 0.926 bits per heavy atom. The van der Waals surface area contributed by atoms with Gasteiger partial charge in [0.15, 0.2) is 5.60 Å². The van der Waals surface area contributed by atoms with Gasteiger partial charge in [0.1, 0.15) is 11.5 Å². The molecule has 0 bridgehead atoms. The van der Waals surface area contributed by atoms with Crippen LogP contribution < -0.4 is 19.3 Å². The molecule has 0 unspecified atom stereocenters. The molecule has 6 rings (SSSR count). The average Bonchev–Trinajstić information content (AvgIpc) is 3.46. The van der Waals surface area contributed by atoms with Crippen molar-refractivity contribution in [3.05, 3.63) is 163 Å². The number of carbonyl (C=O) groups is 1. The topological polar surface area (TPSA) is 51.2 Å². The molecule has 1 aliphatic heterocycles. The number of anilines is 2. The van der Waals surface area contributed by atoms with Crippen molar-refractivity contribution in [3.8, 4) is 11.5 Å². The molecule has 0 saturated heterocycles. The molecular formula is C44H40Cl4N2O4. The van der Waals surface area contributed by atoms with Crippen molar-refractivity contribution in [2.75, 3.05) is 51.2 Å². The zero-order valence-electron chi connectivity index (χ0n) is 30.8. The van der Waals surface area contributed by atoms with Gasteiger partial charge in [-0.15, -0.1) is 0 Å². The molecule has 0 radical (unpaired) electrons. The quantitative estimate of drug-likeness (QED) is 0.0711. The summed E-state index contributed by atoms with van der Waals surface area (Å²) in [6.07, 6.45) is 3.82. The van der Waals surface area contributed by atoms with Gasteiger partial charge in [-0.25, -0.2) is 4.79 Å². The third-order valence-electron chi connectivity index (χ3n) is 9.18. The van der Waals surface area contributed by atoms with Gasteiger partial charge < -0.3 is 24.0 Å². The Kier molecular flexibility index (Phi) is 11.9. The molecule has 1 heterocycles. The minimum atomic E-state index is -1.64. The standard InChI is InChI=1S/C44H40Cl4N2O4/c1-7-52-33-21-13-29(14-22-33)35(27-9-17-31(18-10-27)49(3)4)25-44(38-37(43(51)54-44)39(45)41(47)42(48)40(38)46)26-36(28-11-19-32(20-12-28)50(5)6)30-15-23-34(24-16-30)53-8-2/h9-26H,7-8H2,1-6H3/b35-25-,36-26-. The molecule has 10 heteroatoms. The van der Waals surface area contributed by atoms with E-state index in [1.807, 2.05) is 161 Å². The molecule has 0 aliphatic carbocycles. The summed E-state index contributed by atoms with van der Waals surface area (Å²) in [5, 5.41) is 0.00958. The van der Waals surface area contributed by atoms with Crippen molar-refractivity contribution in [3.63, 3.8) is 0 Å². The van der Waals surface area contributed by atoms with E-state index < -0.39 is 11.6 Å². The van der Waals surface area contributed by atoms with Crippen molar-refractivity contribution in [1.82, 2.24) is 0 Å². The fourth-order valence-corrected chi connectivity index (χ4v) is 7.54. The molecule has 0 aromatic heterocycles. The Morgan fingerprint density at radius 3 is 1.28 bits per heavy atom. The number of halogens is 4. The van der Waals surface area contributed by atoms with Gasteiger partial charge in [0, 0.05) is 45.1 Å². The second-order valence-corrected chi connectivity index (χ2v) is 14.6. The van der Waals surface area contributed by atoms with E-state index in [1.165, 1.54) is 0 Å². The van der Waals surface area contributed by atoms with Crippen LogP contribution in [-0.4, -0.2) is 47.4 Å². The maximum atomic E-state index is 14.1. The molecule has 0 amide bonds. The fraction of sp³-hybridized carbons (Fsp3) is 0.205. The monoisotopic (exact) mass is 800 g/mol. The number of cyclic esters (lactones) is 1. The van der Waals surface area contributed by atoms with E-state index in [0.717, 1.165) is 56.3 Å². The third-order valence-corrected chi connectivity index (χ3v) is 11.0. The summed E-state index contributed by atoms with van der Waals surface area (Å²) >= 11 is 27.3. The molecule has 54 heavy (non-hydrogen) atoms. The Hall–Kier alpha value is -4.59. The van der Waals surface area contributed by atoms with E-state index in [2.05, 4.69) is 0 Å². The zero-order valence-corrected chi connectivity index (χ0v) is 33.9. The van der Waals surface area contributed by atoms with Gasteiger partial charge in [-0.2, -0.15) is 0 Å². The van der Waals surface area contributed by atoms with Crippen molar-refractivity contribution in [2.24, 2.45) is 0 Å². The number of benzene rings is 5. The lowest BCUT2D eigenvalue weighted by Gasteiger charge is -2.27. The highest BCUT2D eigenvalue weighted by Crippen LogP contribution is 2.53. The molecule has 0 fully saturated rings. The summed E-state index contributed by atoms with van der Waals surface area (Å²) in [7, 11) is 7.95. The van der Waals surface area contributed by atoms with Crippen LogP contribution in [0.15, 0.2) is 109 Å². The van der Waals surface area contributed by atoms with E-state index in [-0.39, 0.29) is 31.2 Å². The zero-order chi connectivity index (χ0) is 38.7. The summed E-state index contributed by atoms with van der Waals surface area (Å²) in [4.78, 5) is 18.2. The molecule has 0 saturated carbocycles. The summed E-state index contributed by atoms with van der Waals surface area (Å²) in [6, 6.07) is 31.8.